The molecular formula is C8H8N2S2. The molecule has 0 bridgehead atoms. The van der Waals surface area contributed by atoms with Crippen LogP contribution in [0.1, 0.15) is 9.75 Å². The van der Waals surface area contributed by atoms with Crippen LogP contribution in [0.4, 0.5) is 0 Å². The van der Waals surface area contributed by atoms with Crippen molar-refractivity contribution in [3.63, 3.8) is 0 Å². The Morgan fingerprint density at radius 3 is 2.67 bits per heavy atom. The van der Waals surface area contributed by atoms with Gasteiger partial charge in [0, 0.05) is 20.7 Å². The molecule has 0 aliphatic carbocycles. The van der Waals surface area contributed by atoms with Gasteiger partial charge in [-0.15, -0.1) is 16.4 Å². The Bertz CT molecular complexity index is 376. The molecule has 2 nitrogen and oxygen atoms in total. The fourth-order valence-corrected chi connectivity index (χ4v) is 2.56. The van der Waals surface area contributed by atoms with Crippen LogP contribution < -0.4 is 0 Å². The summed E-state index contributed by atoms with van der Waals surface area (Å²) in [6.45, 7) is 4.23. The summed E-state index contributed by atoms with van der Waals surface area (Å²) >= 11 is 3.20. The van der Waals surface area contributed by atoms with Gasteiger partial charge in [0.05, 0.1) is 0 Å². The lowest BCUT2D eigenvalue weighted by Crippen LogP contribution is -1.75. The second-order valence-corrected chi connectivity index (χ2v) is 4.69. The highest BCUT2D eigenvalue weighted by molar-refractivity contribution is 7.12. The number of aromatic nitrogens is 2. The van der Waals surface area contributed by atoms with E-state index in [1.165, 1.54) is 26.9 Å². The first-order valence-electron chi connectivity index (χ1n) is 3.62. The van der Waals surface area contributed by atoms with E-state index in [1.807, 2.05) is 5.38 Å². The van der Waals surface area contributed by atoms with Crippen LogP contribution in [0.3, 0.4) is 0 Å². The van der Waals surface area contributed by atoms with Crippen molar-refractivity contribution in [1.29, 1.82) is 0 Å². The fourth-order valence-electron chi connectivity index (χ4n) is 1.17. The van der Waals surface area contributed by atoms with Crippen LogP contribution in [-0.2, 0) is 0 Å². The van der Waals surface area contributed by atoms with Gasteiger partial charge >= 0.3 is 0 Å². The third-order valence-electron chi connectivity index (χ3n) is 1.68. The Kier molecular flexibility index (Phi) is 1.94. The molecule has 0 spiro atoms. The van der Waals surface area contributed by atoms with Crippen LogP contribution in [0.15, 0.2) is 11.4 Å². The minimum Gasteiger partial charge on any atom is -0.145 e. The molecule has 0 atom stereocenters. The van der Waals surface area contributed by atoms with Gasteiger partial charge in [-0.1, -0.05) is 4.49 Å². The zero-order valence-electron chi connectivity index (χ0n) is 6.87. The summed E-state index contributed by atoms with van der Waals surface area (Å²) in [6.07, 6.45) is 0. The zero-order valence-corrected chi connectivity index (χ0v) is 8.50. The summed E-state index contributed by atoms with van der Waals surface area (Å²) in [7, 11) is 0. The summed E-state index contributed by atoms with van der Waals surface area (Å²) in [5.41, 5.74) is 2.23. The monoisotopic (exact) mass is 196 g/mol. The first-order valence-corrected chi connectivity index (χ1v) is 5.27. The minimum atomic E-state index is 1.00. The van der Waals surface area contributed by atoms with E-state index < -0.39 is 0 Å². The van der Waals surface area contributed by atoms with Crippen molar-refractivity contribution in [2.24, 2.45) is 0 Å². The van der Waals surface area contributed by atoms with E-state index >= 15 is 0 Å². The molecule has 0 saturated heterocycles. The van der Waals surface area contributed by atoms with Crippen LogP contribution in [0.25, 0.3) is 11.3 Å². The average Bonchev–Trinajstić information content (AvgIpc) is 2.58. The lowest BCUT2D eigenvalue weighted by Gasteiger charge is -1.89. The maximum atomic E-state index is 4.04. The third-order valence-corrected chi connectivity index (χ3v) is 3.15. The number of nitrogens with zero attached hydrogens (tertiary/aromatic N) is 2. The summed E-state index contributed by atoms with van der Waals surface area (Å²) < 4.78 is 3.85. The van der Waals surface area contributed by atoms with E-state index in [9.17, 15) is 0 Å². The lowest BCUT2D eigenvalue weighted by molar-refractivity contribution is 1.16. The molecule has 0 saturated carbocycles. The van der Waals surface area contributed by atoms with E-state index in [2.05, 4.69) is 29.5 Å². The summed E-state index contributed by atoms with van der Waals surface area (Å²) in [4.78, 5) is 2.65. The van der Waals surface area contributed by atoms with Gasteiger partial charge in [0.15, 0.2) is 0 Å². The number of rotatable bonds is 1. The quantitative estimate of drug-likeness (QED) is 0.701. The normalized spacial score (nSPS) is 10.5. The Morgan fingerprint density at radius 2 is 2.17 bits per heavy atom. The number of hydrogen-bond acceptors (Lipinski definition) is 4. The second-order valence-electron chi connectivity index (χ2n) is 2.62. The van der Waals surface area contributed by atoms with Gasteiger partial charge in [-0.25, -0.2) is 0 Å². The van der Waals surface area contributed by atoms with Crippen molar-refractivity contribution < 1.29 is 0 Å². The molecule has 0 unspecified atom stereocenters. The standard InChI is InChI=1S/C8H8N2S2/c1-5-3-7(6(2)12-5)8-4-11-10-9-8/h3-4H,1-2H3. The maximum absolute atomic E-state index is 4.04. The lowest BCUT2D eigenvalue weighted by atomic mass is 10.2. The van der Waals surface area contributed by atoms with Crippen LogP contribution in [0, 0.1) is 13.8 Å². The predicted octanol–water partition coefficient (Wildman–Crippen LogP) is 2.88. The van der Waals surface area contributed by atoms with Gasteiger partial charge in [-0.2, -0.15) is 0 Å². The minimum absolute atomic E-state index is 1.00. The van der Waals surface area contributed by atoms with Gasteiger partial charge in [-0.05, 0) is 31.4 Å². The predicted molar refractivity (Wildman–Crippen MR) is 52.7 cm³/mol. The summed E-state index contributed by atoms with van der Waals surface area (Å²) in [5, 5.41) is 6.02. The molecule has 4 heteroatoms. The molecule has 2 aromatic rings. The van der Waals surface area contributed by atoms with E-state index in [-0.39, 0.29) is 0 Å². The largest absolute Gasteiger partial charge is 0.145 e. The average molecular weight is 196 g/mol. The molecule has 62 valence electrons. The first-order chi connectivity index (χ1) is 5.77. The third kappa shape index (κ3) is 1.28. The van der Waals surface area contributed by atoms with Gasteiger partial charge in [0.25, 0.3) is 0 Å². The van der Waals surface area contributed by atoms with E-state index in [1.54, 1.807) is 11.3 Å². The number of aryl methyl sites for hydroxylation is 2. The SMILES string of the molecule is Cc1cc(-c2csnn2)c(C)s1. The Morgan fingerprint density at radius 1 is 1.33 bits per heavy atom. The second kappa shape index (κ2) is 2.95. The van der Waals surface area contributed by atoms with Crippen LogP contribution in [0.2, 0.25) is 0 Å². The fraction of sp³-hybridized carbons (Fsp3) is 0.250. The van der Waals surface area contributed by atoms with Crippen molar-refractivity contribution in [2.75, 3.05) is 0 Å². The molecule has 0 aromatic carbocycles. The van der Waals surface area contributed by atoms with E-state index in [0.717, 1.165) is 5.69 Å². The highest BCUT2D eigenvalue weighted by atomic mass is 32.1. The van der Waals surface area contributed by atoms with Crippen LogP contribution in [-0.4, -0.2) is 9.59 Å². The summed E-state index contributed by atoms with van der Waals surface area (Å²) in [5.74, 6) is 0. The molecule has 0 fully saturated rings. The Hall–Kier alpha value is -0.740. The molecule has 0 radical (unpaired) electrons. The summed E-state index contributed by atoms with van der Waals surface area (Å²) in [6, 6.07) is 2.16. The highest BCUT2D eigenvalue weighted by Gasteiger charge is 2.07. The van der Waals surface area contributed by atoms with Crippen molar-refractivity contribution in [2.45, 2.75) is 13.8 Å². The van der Waals surface area contributed by atoms with Gasteiger partial charge < -0.3 is 0 Å². The van der Waals surface area contributed by atoms with Crippen molar-refractivity contribution in [3.05, 3.63) is 21.2 Å². The molecule has 0 aliphatic rings. The molecule has 2 heterocycles. The molecule has 0 amide bonds. The Labute approximate surface area is 79.0 Å². The topological polar surface area (TPSA) is 25.8 Å². The molecule has 12 heavy (non-hydrogen) atoms. The Balaban J connectivity index is 2.54. The number of thiophene rings is 1. The maximum Gasteiger partial charge on any atom is 0.106 e. The highest BCUT2D eigenvalue weighted by Crippen LogP contribution is 2.29. The molecule has 2 aromatic heterocycles. The van der Waals surface area contributed by atoms with Crippen molar-refractivity contribution >= 4 is 22.9 Å². The van der Waals surface area contributed by atoms with E-state index in [4.69, 9.17) is 0 Å². The van der Waals surface area contributed by atoms with Gasteiger partial charge in [0.1, 0.15) is 5.69 Å². The van der Waals surface area contributed by atoms with Crippen molar-refractivity contribution in [3.8, 4) is 11.3 Å². The molecular weight excluding hydrogens is 188 g/mol. The first kappa shape index (κ1) is 7.89. The molecule has 0 N–H and O–H groups in total. The van der Waals surface area contributed by atoms with Gasteiger partial charge in [0.2, 0.25) is 0 Å². The van der Waals surface area contributed by atoms with Crippen LogP contribution in [0.5, 0.6) is 0 Å². The smallest absolute Gasteiger partial charge is 0.106 e. The zero-order chi connectivity index (χ0) is 8.55. The van der Waals surface area contributed by atoms with Crippen LogP contribution >= 0.6 is 22.9 Å². The van der Waals surface area contributed by atoms with Gasteiger partial charge in [-0.3, -0.25) is 0 Å². The molecule has 0 aliphatic heterocycles. The number of hydrogen-bond donors (Lipinski definition) is 0. The van der Waals surface area contributed by atoms with E-state index in [0.29, 0.717) is 0 Å². The van der Waals surface area contributed by atoms with Crippen molar-refractivity contribution in [1.82, 2.24) is 9.59 Å². The molecule has 2 rings (SSSR count).